The zero-order valence-corrected chi connectivity index (χ0v) is 13.0. The zero-order valence-electron chi connectivity index (χ0n) is 13.0. The summed E-state index contributed by atoms with van der Waals surface area (Å²) in [6.45, 7) is 6.41. The van der Waals surface area contributed by atoms with Crippen molar-refractivity contribution in [3.8, 4) is 0 Å². The molecule has 1 unspecified atom stereocenters. The topological polar surface area (TPSA) is 58.6 Å². The Hall–Kier alpha value is -1.10. The van der Waals surface area contributed by atoms with Crippen LogP contribution in [0.4, 0.5) is 0 Å². The highest BCUT2D eigenvalue weighted by molar-refractivity contribution is 5.81. The van der Waals surface area contributed by atoms with E-state index in [-0.39, 0.29) is 23.8 Å². The quantitative estimate of drug-likeness (QED) is 0.569. The number of carbonyl (C=O) groups excluding carboxylic acids is 2. The van der Waals surface area contributed by atoms with Crippen LogP contribution in [-0.4, -0.2) is 49.6 Å². The number of rotatable bonds is 7. The number of nitrogens with zero attached hydrogens (tertiary/aromatic N) is 1. The maximum Gasteiger partial charge on any atom is 0.308 e. The third-order valence-corrected chi connectivity index (χ3v) is 4.07. The van der Waals surface area contributed by atoms with E-state index in [1.807, 2.05) is 6.92 Å². The van der Waals surface area contributed by atoms with E-state index >= 15 is 0 Å². The van der Waals surface area contributed by atoms with E-state index < -0.39 is 0 Å². The molecule has 0 aromatic carbocycles. The second-order valence-electron chi connectivity index (χ2n) is 5.51. The molecule has 1 N–H and O–H groups in total. The average Bonchev–Trinajstić information content (AvgIpc) is 2.50. The van der Waals surface area contributed by atoms with Gasteiger partial charge in [0.15, 0.2) is 0 Å². The second-order valence-corrected chi connectivity index (χ2v) is 5.51. The van der Waals surface area contributed by atoms with Gasteiger partial charge in [-0.25, -0.2) is 0 Å². The van der Waals surface area contributed by atoms with E-state index in [0.29, 0.717) is 0 Å². The van der Waals surface area contributed by atoms with Gasteiger partial charge in [0.2, 0.25) is 5.91 Å². The van der Waals surface area contributed by atoms with Crippen LogP contribution in [0.25, 0.3) is 0 Å². The number of ether oxygens (including phenoxy) is 1. The lowest BCUT2D eigenvalue weighted by molar-refractivity contribution is -0.147. The molecule has 1 rings (SSSR count). The van der Waals surface area contributed by atoms with Crippen molar-refractivity contribution < 1.29 is 14.3 Å². The molecule has 5 heteroatoms. The Labute approximate surface area is 122 Å². The third-order valence-electron chi connectivity index (χ3n) is 4.07. The van der Waals surface area contributed by atoms with Crippen molar-refractivity contribution in [3.63, 3.8) is 0 Å². The molecule has 0 aliphatic carbocycles. The summed E-state index contributed by atoms with van der Waals surface area (Å²) in [4.78, 5) is 25.6. The molecule has 0 bridgehead atoms. The molecule has 1 atom stereocenters. The lowest BCUT2D eigenvalue weighted by atomic mass is 9.96. The second kappa shape index (κ2) is 8.95. The summed E-state index contributed by atoms with van der Waals surface area (Å²) in [6, 6.07) is -0.116. The first-order valence-electron chi connectivity index (χ1n) is 7.69. The number of hydrogen-bond acceptors (Lipinski definition) is 4. The first-order valence-corrected chi connectivity index (χ1v) is 7.69. The summed E-state index contributed by atoms with van der Waals surface area (Å²) in [6.07, 6.45) is 4.91. The fourth-order valence-corrected chi connectivity index (χ4v) is 2.59. The van der Waals surface area contributed by atoms with Gasteiger partial charge in [-0.3, -0.25) is 14.5 Å². The van der Waals surface area contributed by atoms with Crippen LogP contribution >= 0.6 is 0 Å². The molecule has 0 aromatic heterocycles. The third kappa shape index (κ3) is 5.12. The number of hydrogen-bond donors (Lipinski definition) is 1. The average molecular weight is 284 g/mol. The lowest BCUT2D eigenvalue weighted by Crippen LogP contribution is -2.49. The highest BCUT2D eigenvalue weighted by Gasteiger charge is 2.29. The monoisotopic (exact) mass is 284 g/mol. The number of methoxy groups -OCH3 is 1. The Bertz CT molecular complexity index is 312. The van der Waals surface area contributed by atoms with Crippen molar-refractivity contribution >= 4 is 11.9 Å². The van der Waals surface area contributed by atoms with Crippen molar-refractivity contribution in [1.29, 1.82) is 0 Å². The first kappa shape index (κ1) is 17.0. The van der Waals surface area contributed by atoms with Gasteiger partial charge in [-0.1, -0.05) is 19.8 Å². The Kier molecular flexibility index (Phi) is 7.59. The fraction of sp³-hybridized carbons (Fsp3) is 0.867. The largest absolute Gasteiger partial charge is 0.469 e. The molecule has 0 radical (unpaired) electrons. The van der Waals surface area contributed by atoms with Crippen LogP contribution in [0.5, 0.6) is 0 Å². The molecule has 1 aliphatic heterocycles. The predicted molar refractivity (Wildman–Crippen MR) is 78.3 cm³/mol. The van der Waals surface area contributed by atoms with Gasteiger partial charge in [0.1, 0.15) is 0 Å². The molecular formula is C15H28N2O3. The molecule has 5 nitrogen and oxygen atoms in total. The van der Waals surface area contributed by atoms with Crippen molar-refractivity contribution in [2.75, 3.05) is 26.7 Å². The van der Waals surface area contributed by atoms with E-state index in [4.69, 9.17) is 4.74 Å². The summed E-state index contributed by atoms with van der Waals surface area (Å²) in [5.74, 6) is -0.0324. The number of piperidine rings is 1. The number of amides is 1. The smallest absolute Gasteiger partial charge is 0.308 e. The van der Waals surface area contributed by atoms with E-state index in [1.54, 1.807) is 0 Å². The van der Waals surface area contributed by atoms with Gasteiger partial charge in [-0.05, 0) is 39.3 Å². The van der Waals surface area contributed by atoms with Gasteiger partial charge < -0.3 is 10.1 Å². The van der Waals surface area contributed by atoms with Gasteiger partial charge in [-0.15, -0.1) is 0 Å². The van der Waals surface area contributed by atoms with Crippen LogP contribution in [0.15, 0.2) is 0 Å². The molecule has 1 fully saturated rings. The minimum absolute atomic E-state index is 0.00364. The minimum Gasteiger partial charge on any atom is -0.469 e. The molecule has 0 aromatic rings. The van der Waals surface area contributed by atoms with Gasteiger partial charge in [-0.2, -0.15) is 0 Å². The molecule has 1 saturated heterocycles. The molecule has 20 heavy (non-hydrogen) atoms. The summed E-state index contributed by atoms with van der Waals surface area (Å²) >= 11 is 0. The first-order chi connectivity index (χ1) is 9.60. The van der Waals surface area contributed by atoms with Gasteiger partial charge in [0.05, 0.1) is 19.1 Å². The maximum absolute atomic E-state index is 12.0. The Balaban J connectivity index is 2.29. The van der Waals surface area contributed by atoms with Crippen molar-refractivity contribution in [3.05, 3.63) is 0 Å². The fourth-order valence-electron chi connectivity index (χ4n) is 2.59. The van der Waals surface area contributed by atoms with E-state index in [0.717, 1.165) is 51.7 Å². The van der Waals surface area contributed by atoms with E-state index in [2.05, 4.69) is 17.1 Å². The van der Waals surface area contributed by atoms with Crippen LogP contribution in [0, 0.1) is 5.92 Å². The summed E-state index contributed by atoms with van der Waals surface area (Å²) < 4.78 is 4.77. The van der Waals surface area contributed by atoms with Crippen molar-refractivity contribution in [1.82, 2.24) is 10.2 Å². The predicted octanol–water partition coefficient (Wildman–Crippen LogP) is 1.57. The molecule has 1 heterocycles. The molecule has 0 spiro atoms. The van der Waals surface area contributed by atoms with Crippen LogP contribution in [0.2, 0.25) is 0 Å². The number of carbonyl (C=O) groups is 2. The van der Waals surface area contributed by atoms with Crippen LogP contribution < -0.4 is 5.32 Å². The molecule has 116 valence electrons. The Morgan fingerprint density at radius 3 is 2.50 bits per heavy atom. The number of unbranched alkanes of at least 4 members (excludes halogenated alkanes) is 2. The number of esters is 1. The molecular weight excluding hydrogens is 256 g/mol. The van der Waals surface area contributed by atoms with Crippen LogP contribution in [-0.2, 0) is 14.3 Å². The number of nitrogens with one attached hydrogen (secondary N) is 1. The minimum atomic E-state index is -0.124. The van der Waals surface area contributed by atoms with Gasteiger partial charge >= 0.3 is 5.97 Å². The molecule has 1 amide bonds. The summed E-state index contributed by atoms with van der Waals surface area (Å²) in [5, 5.41) is 2.99. The molecule has 0 saturated carbocycles. The van der Waals surface area contributed by atoms with Crippen molar-refractivity contribution in [2.45, 2.75) is 52.0 Å². The Morgan fingerprint density at radius 2 is 1.95 bits per heavy atom. The summed E-state index contributed by atoms with van der Waals surface area (Å²) in [5.41, 5.74) is 0. The van der Waals surface area contributed by atoms with Gasteiger partial charge in [0, 0.05) is 6.54 Å². The SMILES string of the molecule is CCCCCNC(=O)C(C)N1CCC(C(=O)OC)CC1. The Morgan fingerprint density at radius 1 is 1.30 bits per heavy atom. The maximum atomic E-state index is 12.0. The van der Waals surface area contributed by atoms with Crippen molar-refractivity contribution in [2.24, 2.45) is 5.92 Å². The highest BCUT2D eigenvalue weighted by Crippen LogP contribution is 2.20. The normalized spacial score (nSPS) is 18.6. The lowest BCUT2D eigenvalue weighted by Gasteiger charge is -2.34. The highest BCUT2D eigenvalue weighted by atomic mass is 16.5. The van der Waals surface area contributed by atoms with Crippen LogP contribution in [0.3, 0.4) is 0 Å². The van der Waals surface area contributed by atoms with E-state index in [1.165, 1.54) is 7.11 Å². The zero-order chi connectivity index (χ0) is 15.0. The van der Waals surface area contributed by atoms with Crippen LogP contribution in [0.1, 0.15) is 46.0 Å². The number of likely N-dealkylation sites (tertiary alicyclic amines) is 1. The molecule has 1 aliphatic rings. The van der Waals surface area contributed by atoms with E-state index in [9.17, 15) is 9.59 Å². The summed E-state index contributed by atoms with van der Waals surface area (Å²) in [7, 11) is 1.43. The van der Waals surface area contributed by atoms with Gasteiger partial charge in [0.25, 0.3) is 0 Å². The standard InChI is InChI=1S/C15H28N2O3/c1-4-5-6-9-16-14(18)12(2)17-10-7-13(8-11-17)15(19)20-3/h12-13H,4-11H2,1-3H3,(H,16,18).